The van der Waals surface area contributed by atoms with E-state index in [1.54, 1.807) is 0 Å². The smallest absolute Gasteiger partial charge is 0.167 e. The van der Waals surface area contributed by atoms with Crippen molar-refractivity contribution >= 4 is 5.69 Å². The van der Waals surface area contributed by atoms with Gasteiger partial charge in [-0.1, -0.05) is 84.0 Å². The maximum atomic E-state index is 5.82. The number of rotatable bonds is 20. The monoisotopic (exact) mass is 434 g/mol. The highest BCUT2D eigenvalue weighted by Crippen LogP contribution is 2.34. The number of nitrogens with zero attached hydrogens (tertiary/aromatic N) is 1. The van der Waals surface area contributed by atoms with Crippen LogP contribution in [0, 0.1) is 0 Å². The molecule has 0 aliphatic heterocycles. The molecule has 0 heterocycles. The van der Waals surface area contributed by atoms with E-state index in [2.05, 4.69) is 39.2 Å². The molecule has 0 amide bonds. The Balaban J connectivity index is 2.16. The highest BCUT2D eigenvalue weighted by Gasteiger charge is 2.21. The van der Waals surface area contributed by atoms with E-state index >= 15 is 0 Å². The first-order valence-corrected chi connectivity index (χ1v) is 13.3. The van der Waals surface area contributed by atoms with Gasteiger partial charge >= 0.3 is 0 Å². The Bertz CT molecular complexity index is 556. The van der Waals surface area contributed by atoms with E-state index in [0.29, 0.717) is 13.2 Å². The summed E-state index contributed by atoms with van der Waals surface area (Å²) >= 11 is 0. The number of hydrogen-bond donors (Lipinski definition) is 0. The first-order chi connectivity index (χ1) is 15.0. The lowest BCUT2D eigenvalue weighted by atomic mass is 10.0. The molecule has 0 aliphatic carbocycles. The largest absolute Gasteiger partial charge is 0.490 e. The summed E-state index contributed by atoms with van der Waals surface area (Å²) in [6, 6.07) is 6.42. The Labute approximate surface area is 194 Å². The van der Waals surface area contributed by atoms with Crippen molar-refractivity contribution in [3.05, 3.63) is 18.2 Å². The van der Waals surface area contributed by atoms with Gasteiger partial charge in [-0.15, -0.1) is 0 Å². The molecular formula is C28H52NO2+. The second-order valence-corrected chi connectivity index (χ2v) is 9.50. The molecule has 0 fully saturated rings. The summed E-state index contributed by atoms with van der Waals surface area (Å²) in [7, 11) is 4.60. The van der Waals surface area contributed by atoms with Gasteiger partial charge < -0.3 is 9.47 Å². The molecule has 1 aromatic rings. The number of ether oxygens (including phenoxy) is 2. The first-order valence-electron chi connectivity index (χ1n) is 13.3. The highest BCUT2D eigenvalue weighted by atomic mass is 16.5. The van der Waals surface area contributed by atoms with Crippen LogP contribution in [-0.4, -0.2) is 33.9 Å². The summed E-state index contributed by atoms with van der Waals surface area (Å²) in [5.74, 6) is 1.72. The molecule has 0 N–H and O–H groups in total. The summed E-state index contributed by atoms with van der Waals surface area (Å²) in [5, 5.41) is 0. The zero-order chi connectivity index (χ0) is 22.8. The third-order valence-corrected chi connectivity index (χ3v) is 6.30. The van der Waals surface area contributed by atoms with Crippen molar-refractivity contribution in [1.29, 1.82) is 0 Å². The summed E-state index contributed by atoms with van der Waals surface area (Å²) in [6.45, 7) is 8.82. The molecule has 0 aliphatic rings. The van der Waals surface area contributed by atoms with Gasteiger partial charge in [-0.3, -0.25) is 4.48 Å². The van der Waals surface area contributed by atoms with E-state index < -0.39 is 0 Å². The van der Waals surface area contributed by atoms with Gasteiger partial charge in [0.2, 0.25) is 0 Å². The third kappa shape index (κ3) is 12.4. The molecule has 0 bridgehead atoms. The minimum absolute atomic E-state index is 0.663. The fourth-order valence-electron chi connectivity index (χ4n) is 4.25. The number of quaternary nitrogens is 1. The van der Waals surface area contributed by atoms with Crippen LogP contribution >= 0.6 is 0 Å². The van der Waals surface area contributed by atoms with Crippen molar-refractivity contribution < 1.29 is 9.47 Å². The summed E-state index contributed by atoms with van der Waals surface area (Å²) in [4.78, 5) is 0. The maximum Gasteiger partial charge on any atom is 0.167 e. The molecule has 0 atom stereocenters. The van der Waals surface area contributed by atoms with Crippen LogP contribution in [0.4, 0.5) is 5.69 Å². The van der Waals surface area contributed by atoms with Crippen molar-refractivity contribution in [3.8, 4) is 11.5 Å². The summed E-state index contributed by atoms with van der Waals surface area (Å²) < 4.78 is 12.4. The van der Waals surface area contributed by atoms with Gasteiger partial charge in [-0.2, -0.15) is 0 Å². The van der Waals surface area contributed by atoms with Crippen LogP contribution in [0.25, 0.3) is 0 Å². The fraction of sp³-hybridized carbons (Fsp3) is 0.786. The molecule has 0 saturated carbocycles. The second kappa shape index (κ2) is 17.3. The maximum absolute atomic E-state index is 5.82. The molecule has 3 heteroatoms. The SMILES string of the molecule is CCCCCCCCCCCCCCCC[N+](C)(C)c1ccc(OCC)c(OCC)c1. The standard InChI is InChI=1S/C28H52NO2/c1-6-9-10-11-12-13-14-15-16-17-18-19-20-21-24-29(4,5)26-22-23-27(30-7-2)28(25-26)31-8-3/h22-23,25H,6-21,24H2,1-5H3/q+1. The van der Waals surface area contributed by atoms with Crippen LogP contribution in [0.2, 0.25) is 0 Å². The molecule has 0 spiro atoms. The van der Waals surface area contributed by atoms with E-state index in [-0.39, 0.29) is 0 Å². The molecule has 0 saturated heterocycles. The van der Waals surface area contributed by atoms with Crippen LogP contribution in [0.5, 0.6) is 11.5 Å². The van der Waals surface area contributed by atoms with Gasteiger partial charge in [0.15, 0.2) is 11.5 Å². The average molecular weight is 435 g/mol. The van der Waals surface area contributed by atoms with Gasteiger partial charge in [0.05, 0.1) is 33.9 Å². The topological polar surface area (TPSA) is 18.5 Å². The Morgan fingerprint density at radius 3 is 1.52 bits per heavy atom. The van der Waals surface area contributed by atoms with E-state index in [4.69, 9.17) is 9.47 Å². The molecular weight excluding hydrogens is 382 g/mol. The fourth-order valence-corrected chi connectivity index (χ4v) is 4.25. The Kier molecular flexibility index (Phi) is 15.6. The van der Waals surface area contributed by atoms with Crippen molar-refractivity contribution in [3.63, 3.8) is 0 Å². The Hall–Kier alpha value is -1.22. The van der Waals surface area contributed by atoms with Crippen molar-refractivity contribution in [2.24, 2.45) is 0 Å². The van der Waals surface area contributed by atoms with Crippen molar-refractivity contribution in [2.75, 3.05) is 33.9 Å². The molecule has 180 valence electrons. The van der Waals surface area contributed by atoms with Gasteiger partial charge in [0.1, 0.15) is 5.69 Å². The number of hydrogen-bond acceptors (Lipinski definition) is 2. The lowest BCUT2D eigenvalue weighted by Gasteiger charge is -2.30. The van der Waals surface area contributed by atoms with Crippen LogP contribution in [0.1, 0.15) is 111 Å². The second-order valence-electron chi connectivity index (χ2n) is 9.50. The predicted molar refractivity (Wildman–Crippen MR) is 138 cm³/mol. The minimum atomic E-state index is 0.663. The quantitative estimate of drug-likeness (QED) is 0.151. The Morgan fingerprint density at radius 1 is 0.581 bits per heavy atom. The molecule has 0 unspecified atom stereocenters. The zero-order valence-electron chi connectivity index (χ0n) is 21.5. The molecule has 31 heavy (non-hydrogen) atoms. The van der Waals surface area contributed by atoms with Gasteiger partial charge in [0.25, 0.3) is 0 Å². The first kappa shape index (κ1) is 27.8. The number of unbranched alkanes of at least 4 members (excludes halogenated alkanes) is 13. The lowest BCUT2D eigenvalue weighted by Crippen LogP contribution is -2.41. The van der Waals surface area contributed by atoms with Gasteiger partial charge in [-0.25, -0.2) is 0 Å². The van der Waals surface area contributed by atoms with E-state index in [1.165, 1.54) is 95.6 Å². The molecule has 0 radical (unpaired) electrons. The normalized spacial score (nSPS) is 11.6. The average Bonchev–Trinajstić information content (AvgIpc) is 2.75. The molecule has 0 aromatic heterocycles. The third-order valence-electron chi connectivity index (χ3n) is 6.30. The number of benzene rings is 1. The summed E-state index contributed by atoms with van der Waals surface area (Å²) in [5.41, 5.74) is 1.29. The zero-order valence-corrected chi connectivity index (χ0v) is 21.5. The van der Waals surface area contributed by atoms with Crippen LogP contribution in [-0.2, 0) is 0 Å². The molecule has 1 rings (SSSR count). The van der Waals surface area contributed by atoms with E-state index in [0.717, 1.165) is 22.5 Å². The van der Waals surface area contributed by atoms with Crippen molar-refractivity contribution in [1.82, 2.24) is 4.48 Å². The Morgan fingerprint density at radius 2 is 1.03 bits per heavy atom. The van der Waals surface area contributed by atoms with Gasteiger partial charge in [0, 0.05) is 12.1 Å². The van der Waals surface area contributed by atoms with E-state index in [1.807, 2.05) is 13.8 Å². The van der Waals surface area contributed by atoms with Crippen LogP contribution in [0.3, 0.4) is 0 Å². The van der Waals surface area contributed by atoms with E-state index in [9.17, 15) is 0 Å². The van der Waals surface area contributed by atoms with Gasteiger partial charge in [-0.05, 0) is 32.8 Å². The van der Waals surface area contributed by atoms with Crippen LogP contribution < -0.4 is 14.0 Å². The highest BCUT2D eigenvalue weighted by molar-refractivity contribution is 5.54. The van der Waals surface area contributed by atoms with Crippen LogP contribution in [0.15, 0.2) is 18.2 Å². The van der Waals surface area contributed by atoms with Crippen molar-refractivity contribution in [2.45, 2.75) is 111 Å². The molecule has 3 nitrogen and oxygen atoms in total. The minimum Gasteiger partial charge on any atom is -0.490 e. The lowest BCUT2D eigenvalue weighted by molar-refractivity contribution is 0.286. The molecule has 1 aromatic carbocycles. The summed E-state index contributed by atoms with van der Waals surface area (Å²) in [6.07, 6.45) is 19.7. The predicted octanol–water partition coefficient (Wildman–Crippen LogP) is 8.53.